The molecule has 8 heteroatoms. The Morgan fingerprint density at radius 1 is 1.17 bits per heavy atom. The molecule has 0 aliphatic heterocycles. The molecule has 3 atom stereocenters. The van der Waals surface area contributed by atoms with Gasteiger partial charge in [-0.15, -0.1) is 0 Å². The second-order valence-corrected chi connectivity index (χ2v) is 9.32. The third-order valence-corrected chi connectivity index (χ3v) is 5.44. The molecule has 1 aliphatic rings. The molecule has 1 fully saturated rings. The standard InChI is InChI=1S/C22H30ClN3O4/c1-22(2,3)30-21(28)26-18-9-13(12-29-4)5-7-17(18)25-20(27)19-11-14-10-15(23)6-8-16(14)24-19/h6,8,10-11,13,17-18,24H,5,7,9,12H2,1-4H3,(H,25,27)(H,26,28). The van der Waals surface area contributed by atoms with Gasteiger partial charge in [-0.2, -0.15) is 0 Å². The molecular weight excluding hydrogens is 406 g/mol. The predicted molar refractivity (Wildman–Crippen MR) is 117 cm³/mol. The van der Waals surface area contributed by atoms with Gasteiger partial charge in [0.1, 0.15) is 11.3 Å². The lowest BCUT2D eigenvalue weighted by atomic mass is 9.82. The molecule has 0 radical (unpaired) electrons. The summed E-state index contributed by atoms with van der Waals surface area (Å²) < 4.78 is 10.7. The summed E-state index contributed by atoms with van der Waals surface area (Å²) in [5.41, 5.74) is 0.716. The van der Waals surface area contributed by atoms with E-state index in [-0.39, 0.29) is 18.0 Å². The van der Waals surface area contributed by atoms with Crippen molar-refractivity contribution >= 4 is 34.5 Å². The number of ether oxygens (including phenoxy) is 2. The molecule has 1 aliphatic carbocycles. The first kappa shape index (κ1) is 22.4. The van der Waals surface area contributed by atoms with Crippen LogP contribution in [-0.2, 0) is 9.47 Å². The molecule has 3 rings (SSSR count). The average Bonchev–Trinajstić information content (AvgIpc) is 3.05. The van der Waals surface area contributed by atoms with Crippen LogP contribution in [0.5, 0.6) is 0 Å². The SMILES string of the molecule is COCC1CCC(NC(=O)c2cc3cc(Cl)ccc3[nH]2)C(NC(=O)OC(C)(C)C)C1. The molecule has 3 N–H and O–H groups in total. The van der Waals surface area contributed by atoms with Crippen molar-refractivity contribution in [3.8, 4) is 0 Å². The summed E-state index contributed by atoms with van der Waals surface area (Å²) in [4.78, 5) is 28.4. The zero-order valence-electron chi connectivity index (χ0n) is 17.9. The van der Waals surface area contributed by atoms with Crippen LogP contribution in [0.4, 0.5) is 4.79 Å². The van der Waals surface area contributed by atoms with Crippen LogP contribution in [0.15, 0.2) is 24.3 Å². The third kappa shape index (κ3) is 5.89. The number of carbonyl (C=O) groups excluding carboxylic acids is 2. The normalized spacial score (nSPS) is 22.0. The zero-order valence-corrected chi connectivity index (χ0v) is 18.6. The monoisotopic (exact) mass is 435 g/mol. The van der Waals surface area contributed by atoms with E-state index in [1.165, 1.54) is 0 Å². The van der Waals surface area contributed by atoms with Gasteiger partial charge in [-0.1, -0.05) is 11.6 Å². The lowest BCUT2D eigenvalue weighted by molar-refractivity contribution is 0.0436. The lowest BCUT2D eigenvalue weighted by Crippen LogP contribution is -2.55. The number of H-pyrrole nitrogens is 1. The molecular formula is C22H30ClN3O4. The first-order valence-electron chi connectivity index (χ1n) is 10.2. The van der Waals surface area contributed by atoms with E-state index >= 15 is 0 Å². The van der Waals surface area contributed by atoms with Gasteiger partial charge >= 0.3 is 6.09 Å². The van der Waals surface area contributed by atoms with Crippen LogP contribution < -0.4 is 10.6 Å². The molecule has 7 nitrogen and oxygen atoms in total. The van der Waals surface area contributed by atoms with Gasteiger partial charge in [0.25, 0.3) is 5.91 Å². The molecule has 1 heterocycles. The summed E-state index contributed by atoms with van der Waals surface area (Å²) in [5.74, 6) is 0.104. The number of rotatable bonds is 5. The molecule has 0 bridgehead atoms. The molecule has 2 amide bonds. The highest BCUT2D eigenvalue weighted by atomic mass is 35.5. The Labute approximate surface area is 181 Å². The summed E-state index contributed by atoms with van der Waals surface area (Å²) in [6.45, 7) is 6.09. The first-order valence-corrected chi connectivity index (χ1v) is 10.6. The molecule has 2 aromatic rings. The fourth-order valence-electron chi connectivity index (χ4n) is 3.91. The van der Waals surface area contributed by atoms with Crippen molar-refractivity contribution < 1.29 is 19.1 Å². The minimum atomic E-state index is -0.588. The lowest BCUT2D eigenvalue weighted by Gasteiger charge is -2.37. The second kappa shape index (κ2) is 9.27. The van der Waals surface area contributed by atoms with Crippen LogP contribution in [0.25, 0.3) is 10.9 Å². The van der Waals surface area contributed by atoms with E-state index in [0.717, 1.165) is 23.7 Å². The number of hydrogen-bond acceptors (Lipinski definition) is 4. The van der Waals surface area contributed by atoms with Crippen molar-refractivity contribution in [1.82, 2.24) is 15.6 Å². The molecule has 3 unspecified atom stereocenters. The van der Waals surface area contributed by atoms with E-state index in [9.17, 15) is 9.59 Å². The fraction of sp³-hybridized carbons (Fsp3) is 0.545. The summed E-state index contributed by atoms with van der Waals surface area (Å²) in [7, 11) is 1.67. The van der Waals surface area contributed by atoms with Gasteiger partial charge in [0.05, 0.1) is 6.04 Å². The third-order valence-electron chi connectivity index (χ3n) is 5.21. The highest BCUT2D eigenvalue weighted by molar-refractivity contribution is 6.31. The molecule has 1 aromatic carbocycles. The van der Waals surface area contributed by atoms with Crippen LogP contribution in [0.3, 0.4) is 0 Å². The number of benzene rings is 1. The Hall–Kier alpha value is -2.25. The maximum atomic E-state index is 12.9. The maximum Gasteiger partial charge on any atom is 0.407 e. The van der Waals surface area contributed by atoms with Crippen molar-refractivity contribution in [3.05, 3.63) is 35.0 Å². The fourth-order valence-corrected chi connectivity index (χ4v) is 4.09. The average molecular weight is 436 g/mol. The van der Waals surface area contributed by atoms with Crippen LogP contribution in [0.2, 0.25) is 5.02 Å². The van der Waals surface area contributed by atoms with E-state index in [2.05, 4.69) is 15.6 Å². The van der Waals surface area contributed by atoms with Gasteiger partial charge in [-0.05, 0) is 70.2 Å². The summed E-state index contributed by atoms with van der Waals surface area (Å²) in [6.07, 6.45) is 1.88. The molecule has 164 valence electrons. The van der Waals surface area contributed by atoms with Gasteiger partial charge < -0.3 is 25.1 Å². The van der Waals surface area contributed by atoms with Crippen molar-refractivity contribution in [2.24, 2.45) is 5.92 Å². The Balaban J connectivity index is 1.71. The number of amides is 2. The van der Waals surface area contributed by atoms with Crippen LogP contribution >= 0.6 is 11.6 Å². The van der Waals surface area contributed by atoms with Crippen molar-refractivity contribution in [2.45, 2.75) is 57.7 Å². The first-order chi connectivity index (χ1) is 14.1. The van der Waals surface area contributed by atoms with Crippen LogP contribution in [0.1, 0.15) is 50.5 Å². The van der Waals surface area contributed by atoms with Gasteiger partial charge in [0.2, 0.25) is 0 Å². The number of aromatic amines is 1. The molecule has 1 saturated carbocycles. The smallest absolute Gasteiger partial charge is 0.407 e. The number of carbonyl (C=O) groups is 2. The molecule has 0 spiro atoms. The molecule has 30 heavy (non-hydrogen) atoms. The van der Waals surface area contributed by atoms with Crippen molar-refractivity contribution in [1.29, 1.82) is 0 Å². The number of hydrogen-bond donors (Lipinski definition) is 3. The highest BCUT2D eigenvalue weighted by Gasteiger charge is 2.34. The number of nitrogens with one attached hydrogen (secondary N) is 3. The number of methoxy groups -OCH3 is 1. The van der Waals surface area contributed by atoms with Crippen molar-refractivity contribution in [2.75, 3.05) is 13.7 Å². The van der Waals surface area contributed by atoms with Crippen molar-refractivity contribution in [3.63, 3.8) is 0 Å². The number of alkyl carbamates (subject to hydrolysis) is 1. The van der Waals surface area contributed by atoms with Gasteiger partial charge in [-0.3, -0.25) is 4.79 Å². The Bertz CT molecular complexity index is 905. The molecule has 1 aromatic heterocycles. The predicted octanol–water partition coefficient (Wildman–Crippen LogP) is 4.26. The summed E-state index contributed by atoms with van der Waals surface area (Å²) in [6, 6.07) is 6.78. The van der Waals surface area contributed by atoms with E-state index in [1.807, 2.05) is 32.9 Å². The quantitative estimate of drug-likeness (QED) is 0.654. The van der Waals surface area contributed by atoms with Crippen LogP contribution in [-0.4, -0.2) is 48.4 Å². The van der Waals surface area contributed by atoms with Gasteiger partial charge in [0, 0.05) is 35.7 Å². The van der Waals surface area contributed by atoms with E-state index < -0.39 is 11.7 Å². The van der Waals surface area contributed by atoms with Gasteiger partial charge in [0.15, 0.2) is 0 Å². The second-order valence-electron chi connectivity index (χ2n) is 8.88. The van der Waals surface area contributed by atoms with E-state index in [0.29, 0.717) is 29.7 Å². The number of aromatic nitrogens is 1. The number of fused-ring (bicyclic) bond motifs is 1. The van der Waals surface area contributed by atoms with E-state index in [4.69, 9.17) is 21.1 Å². The zero-order chi connectivity index (χ0) is 21.9. The van der Waals surface area contributed by atoms with E-state index in [1.54, 1.807) is 19.2 Å². The molecule has 0 saturated heterocycles. The largest absolute Gasteiger partial charge is 0.444 e. The Morgan fingerprint density at radius 3 is 2.63 bits per heavy atom. The number of halogens is 1. The summed E-state index contributed by atoms with van der Waals surface area (Å²) >= 11 is 6.04. The topological polar surface area (TPSA) is 92.5 Å². The Kier molecular flexibility index (Phi) is 6.93. The van der Waals surface area contributed by atoms with Gasteiger partial charge in [-0.25, -0.2) is 4.79 Å². The minimum absolute atomic E-state index is 0.201. The Morgan fingerprint density at radius 2 is 1.93 bits per heavy atom. The summed E-state index contributed by atoms with van der Waals surface area (Å²) in [5, 5.41) is 7.52. The highest BCUT2D eigenvalue weighted by Crippen LogP contribution is 2.26. The van der Waals surface area contributed by atoms with Crippen LogP contribution in [0, 0.1) is 5.92 Å². The maximum absolute atomic E-state index is 12.9. The minimum Gasteiger partial charge on any atom is -0.444 e.